The maximum Gasteiger partial charge on any atom is 0.317 e. The molecule has 0 unspecified atom stereocenters. The number of amides is 2. The summed E-state index contributed by atoms with van der Waals surface area (Å²) >= 11 is 0. The van der Waals surface area contributed by atoms with Gasteiger partial charge in [-0.15, -0.1) is 0 Å². The van der Waals surface area contributed by atoms with E-state index in [4.69, 9.17) is 0 Å². The summed E-state index contributed by atoms with van der Waals surface area (Å²) in [7, 11) is 0. The van der Waals surface area contributed by atoms with Crippen molar-refractivity contribution in [2.24, 2.45) is 5.41 Å². The molecule has 16 heavy (non-hydrogen) atoms. The molecule has 5 heteroatoms. The van der Waals surface area contributed by atoms with E-state index >= 15 is 0 Å². The van der Waals surface area contributed by atoms with Crippen LogP contribution in [-0.4, -0.2) is 41.6 Å². The average molecular weight is 226 g/mol. The average Bonchev–Trinajstić information content (AvgIpc) is 2.71. The number of rotatable bonds is 3. The highest BCUT2D eigenvalue weighted by molar-refractivity contribution is 5.78. The van der Waals surface area contributed by atoms with Crippen LogP contribution in [0.1, 0.15) is 32.1 Å². The van der Waals surface area contributed by atoms with Crippen molar-refractivity contribution in [3.63, 3.8) is 0 Å². The first kappa shape index (κ1) is 11.2. The second-order valence-electron chi connectivity index (χ2n) is 4.80. The van der Waals surface area contributed by atoms with Crippen LogP contribution >= 0.6 is 0 Å². The Morgan fingerprint density at radius 2 is 2.06 bits per heavy atom. The van der Waals surface area contributed by atoms with E-state index in [1.54, 1.807) is 4.90 Å². The van der Waals surface area contributed by atoms with Gasteiger partial charge in [0.25, 0.3) is 0 Å². The van der Waals surface area contributed by atoms with Crippen LogP contribution < -0.4 is 5.32 Å². The van der Waals surface area contributed by atoms with Gasteiger partial charge in [0.1, 0.15) is 0 Å². The summed E-state index contributed by atoms with van der Waals surface area (Å²) in [5.41, 5.74) is -0.686. The molecule has 2 fully saturated rings. The van der Waals surface area contributed by atoms with Gasteiger partial charge in [-0.05, 0) is 19.3 Å². The number of nitrogens with one attached hydrogen (secondary N) is 1. The predicted molar refractivity (Wildman–Crippen MR) is 58.1 cm³/mol. The molecule has 1 saturated heterocycles. The minimum atomic E-state index is -0.747. The van der Waals surface area contributed by atoms with E-state index in [2.05, 4.69) is 5.32 Å². The third kappa shape index (κ3) is 1.99. The number of nitrogens with zero attached hydrogens (tertiary/aromatic N) is 1. The van der Waals surface area contributed by atoms with Crippen LogP contribution in [0.3, 0.4) is 0 Å². The third-order valence-electron chi connectivity index (χ3n) is 3.68. The summed E-state index contributed by atoms with van der Waals surface area (Å²) in [6, 6.07) is -0.112. The van der Waals surface area contributed by atoms with E-state index in [-0.39, 0.29) is 6.03 Å². The normalized spacial score (nSPS) is 24.2. The molecule has 1 heterocycles. The monoisotopic (exact) mass is 226 g/mol. The zero-order valence-electron chi connectivity index (χ0n) is 9.37. The molecule has 1 aliphatic heterocycles. The molecule has 2 amide bonds. The second-order valence-corrected chi connectivity index (χ2v) is 4.80. The SMILES string of the molecule is O=C1NCCCN1CC1(C(=O)O)CCCC1. The van der Waals surface area contributed by atoms with Gasteiger partial charge in [-0.3, -0.25) is 4.79 Å². The third-order valence-corrected chi connectivity index (χ3v) is 3.68. The summed E-state index contributed by atoms with van der Waals surface area (Å²) < 4.78 is 0. The molecule has 0 aromatic heterocycles. The number of carbonyl (C=O) groups excluding carboxylic acids is 1. The molecular formula is C11H18N2O3. The molecule has 0 aromatic rings. The molecule has 90 valence electrons. The molecule has 1 aliphatic carbocycles. The molecule has 0 bridgehead atoms. The van der Waals surface area contributed by atoms with E-state index in [1.165, 1.54) is 0 Å². The molecule has 0 radical (unpaired) electrons. The summed E-state index contributed by atoms with van der Waals surface area (Å²) in [5, 5.41) is 12.1. The first-order valence-corrected chi connectivity index (χ1v) is 5.90. The largest absolute Gasteiger partial charge is 0.481 e. The molecule has 5 nitrogen and oxygen atoms in total. The highest BCUT2D eigenvalue weighted by Gasteiger charge is 2.43. The van der Waals surface area contributed by atoms with E-state index in [0.717, 1.165) is 19.3 Å². The molecule has 2 N–H and O–H groups in total. The lowest BCUT2D eigenvalue weighted by Gasteiger charge is -2.34. The topological polar surface area (TPSA) is 69.6 Å². The fourth-order valence-electron chi connectivity index (χ4n) is 2.69. The van der Waals surface area contributed by atoms with Crippen molar-refractivity contribution in [1.82, 2.24) is 10.2 Å². The molecule has 0 spiro atoms. The van der Waals surface area contributed by atoms with Crippen molar-refractivity contribution in [2.75, 3.05) is 19.6 Å². The fraction of sp³-hybridized carbons (Fsp3) is 0.818. The number of urea groups is 1. The maximum absolute atomic E-state index is 11.6. The molecule has 2 rings (SSSR count). The summed E-state index contributed by atoms with van der Waals surface area (Å²) in [6.45, 7) is 1.75. The van der Waals surface area contributed by atoms with Crippen molar-refractivity contribution in [1.29, 1.82) is 0 Å². The Kier molecular flexibility index (Phi) is 3.03. The van der Waals surface area contributed by atoms with Gasteiger partial charge in [-0.25, -0.2) is 4.79 Å². The smallest absolute Gasteiger partial charge is 0.317 e. The standard InChI is InChI=1S/C11H18N2O3/c14-9(15)11(4-1-2-5-11)8-13-7-3-6-12-10(13)16/h1-8H2,(H,12,16)(H,14,15). The van der Waals surface area contributed by atoms with Gasteiger partial charge < -0.3 is 15.3 Å². The first-order valence-electron chi connectivity index (χ1n) is 5.90. The molecule has 0 atom stereocenters. The number of hydrogen-bond acceptors (Lipinski definition) is 2. The number of carboxylic acid groups (broad SMARTS) is 1. The number of hydrogen-bond donors (Lipinski definition) is 2. The van der Waals surface area contributed by atoms with E-state index < -0.39 is 11.4 Å². The second kappa shape index (κ2) is 4.31. The van der Waals surface area contributed by atoms with Crippen LogP contribution in [0.4, 0.5) is 4.79 Å². The van der Waals surface area contributed by atoms with Crippen LogP contribution in [0.2, 0.25) is 0 Å². The van der Waals surface area contributed by atoms with E-state index in [0.29, 0.717) is 32.5 Å². The van der Waals surface area contributed by atoms with Gasteiger partial charge in [0, 0.05) is 19.6 Å². The van der Waals surface area contributed by atoms with Crippen LogP contribution in [0.15, 0.2) is 0 Å². The van der Waals surface area contributed by atoms with Gasteiger partial charge >= 0.3 is 12.0 Å². The molecule has 2 aliphatic rings. The Morgan fingerprint density at radius 1 is 1.38 bits per heavy atom. The summed E-state index contributed by atoms with van der Waals surface area (Å²) in [4.78, 5) is 24.6. The van der Waals surface area contributed by atoms with Crippen LogP contribution in [0.5, 0.6) is 0 Å². The van der Waals surface area contributed by atoms with Crippen LogP contribution in [0, 0.1) is 5.41 Å². The zero-order valence-corrected chi connectivity index (χ0v) is 9.37. The van der Waals surface area contributed by atoms with Crippen molar-refractivity contribution >= 4 is 12.0 Å². The Hall–Kier alpha value is -1.26. The Bertz CT molecular complexity index is 298. The fourth-order valence-corrected chi connectivity index (χ4v) is 2.69. The summed E-state index contributed by atoms with van der Waals surface area (Å²) in [6.07, 6.45) is 4.23. The molecular weight excluding hydrogens is 208 g/mol. The lowest BCUT2D eigenvalue weighted by atomic mass is 9.85. The Morgan fingerprint density at radius 3 is 2.62 bits per heavy atom. The Balaban J connectivity index is 2.05. The van der Waals surface area contributed by atoms with Crippen molar-refractivity contribution in [3.05, 3.63) is 0 Å². The van der Waals surface area contributed by atoms with Crippen LogP contribution in [-0.2, 0) is 4.79 Å². The molecule has 1 saturated carbocycles. The van der Waals surface area contributed by atoms with E-state index in [9.17, 15) is 14.7 Å². The number of aliphatic carboxylic acids is 1. The summed E-state index contributed by atoms with van der Waals surface area (Å²) in [5.74, 6) is -0.747. The van der Waals surface area contributed by atoms with Gasteiger partial charge in [0.05, 0.1) is 5.41 Å². The lowest BCUT2D eigenvalue weighted by molar-refractivity contribution is -0.149. The highest BCUT2D eigenvalue weighted by Crippen LogP contribution is 2.39. The molecule has 0 aromatic carbocycles. The maximum atomic E-state index is 11.6. The number of carboxylic acids is 1. The minimum Gasteiger partial charge on any atom is -0.481 e. The van der Waals surface area contributed by atoms with E-state index in [1.807, 2.05) is 0 Å². The van der Waals surface area contributed by atoms with Gasteiger partial charge in [-0.1, -0.05) is 12.8 Å². The first-order chi connectivity index (χ1) is 7.64. The van der Waals surface area contributed by atoms with Gasteiger partial charge in [0.2, 0.25) is 0 Å². The zero-order chi connectivity index (χ0) is 11.6. The van der Waals surface area contributed by atoms with Crippen molar-refractivity contribution < 1.29 is 14.7 Å². The van der Waals surface area contributed by atoms with Crippen molar-refractivity contribution in [3.8, 4) is 0 Å². The van der Waals surface area contributed by atoms with Gasteiger partial charge in [-0.2, -0.15) is 0 Å². The van der Waals surface area contributed by atoms with Crippen LogP contribution in [0.25, 0.3) is 0 Å². The lowest BCUT2D eigenvalue weighted by Crippen LogP contribution is -2.51. The predicted octanol–water partition coefficient (Wildman–Crippen LogP) is 1.05. The highest BCUT2D eigenvalue weighted by atomic mass is 16.4. The van der Waals surface area contributed by atoms with Gasteiger partial charge in [0.15, 0.2) is 0 Å². The minimum absolute atomic E-state index is 0.112. The quantitative estimate of drug-likeness (QED) is 0.755. The van der Waals surface area contributed by atoms with Crippen molar-refractivity contribution in [2.45, 2.75) is 32.1 Å². The number of carbonyl (C=O) groups is 2. The Labute approximate surface area is 94.8 Å².